The molecule has 1 aliphatic heterocycles. The number of hydrogen-bond donors (Lipinski definition) is 1. The minimum absolute atomic E-state index is 0.481. The van der Waals surface area contributed by atoms with Gasteiger partial charge in [0.05, 0.1) is 6.10 Å². The second-order valence-electron chi connectivity index (χ2n) is 2.77. The third kappa shape index (κ3) is 1.67. The van der Waals surface area contributed by atoms with Crippen LogP contribution in [0.1, 0.15) is 13.3 Å². The molecule has 0 aliphatic carbocycles. The summed E-state index contributed by atoms with van der Waals surface area (Å²) in [5.41, 5.74) is 0. The molecule has 10 heavy (non-hydrogen) atoms. The molecular formula is C7H14FNO. The van der Waals surface area contributed by atoms with E-state index >= 15 is 0 Å². The van der Waals surface area contributed by atoms with Crippen LogP contribution in [0.2, 0.25) is 0 Å². The molecule has 3 heteroatoms. The number of likely N-dealkylation sites (N-methyl/N-ethyl adjacent to an activating group) is 1. The van der Waals surface area contributed by atoms with E-state index < -0.39 is 12.3 Å². The Labute approximate surface area is 60.6 Å². The first-order valence-corrected chi connectivity index (χ1v) is 3.78. The number of likely N-dealkylation sites (tertiary alicyclic amines) is 1. The molecule has 0 amide bonds. The van der Waals surface area contributed by atoms with E-state index in [1.54, 1.807) is 0 Å². The highest BCUT2D eigenvalue weighted by atomic mass is 19.1. The molecule has 0 aromatic heterocycles. The normalized spacial score (nSPS) is 36.3. The minimum atomic E-state index is -0.997. The van der Waals surface area contributed by atoms with Gasteiger partial charge in [0.15, 0.2) is 0 Å². The van der Waals surface area contributed by atoms with E-state index in [1.165, 1.54) is 0 Å². The molecule has 0 spiro atoms. The van der Waals surface area contributed by atoms with Gasteiger partial charge in [-0.05, 0) is 13.0 Å². The highest BCUT2D eigenvalue weighted by Crippen LogP contribution is 2.13. The molecule has 0 bridgehead atoms. The molecule has 2 nitrogen and oxygen atoms in total. The summed E-state index contributed by atoms with van der Waals surface area (Å²) in [6.07, 6.45) is -1.27. The van der Waals surface area contributed by atoms with Crippen LogP contribution in [0.15, 0.2) is 0 Å². The van der Waals surface area contributed by atoms with Crippen molar-refractivity contribution in [3.63, 3.8) is 0 Å². The summed E-state index contributed by atoms with van der Waals surface area (Å²) >= 11 is 0. The molecule has 0 radical (unpaired) electrons. The van der Waals surface area contributed by atoms with Gasteiger partial charge in [0.2, 0.25) is 0 Å². The molecule has 60 valence electrons. The Hall–Kier alpha value is -0.150. The lowest BCUT2D eigenvalue weighted by atomic mass is 10.1. The number of alkyl halides is 1. The van der Waals surface area contributed by atoms with Crippen molar-refractivity contribution >= 4 is 0 Å². The molecule has 1 saturated heterocycles. The first-order chi connectivity index (χ1) is 4.74. The van der Waals surface area contributed by atoms with E-state index in [-0.39, 0.29) is 0 Å². The van der Waals surface area contributed by atoms with Gasteiger partial charge in [0, 0.05) is 13.1 Å². The Morgan fingerprint density at radius 3 is 2.90 bits per heavy atom. The summed E-state index contributed by atoms with van der Waals surface area (Å²) in [6.45, 7) is 4.21. The van der Waals surface area contributed by atoms with Gasteiger partial charge in [-0.25, -0.2) is 4.39 Å². The zero-order chi connectivity index (χ0) is 7.56. The first kappa shape index (κ1) is 7.95. The van der Waals surface area contributed by atoms with Crippen LogP contribution >= 0.6 is 0 Å². The Morgan fingerprint density at radius 2 is 2.40 bits per heavy atom. The van der Waals surface area contributed by atoms with E-state index in [0.717, 1.165) is 13.1 Å². The van der Waals surface area contributed by atoms with Crippen molar-refractivity contribution < 1.29 is 9.50 Å². The maximum atomic E-state index is 12.6. The molecule has 0 unspecified atom stereocenters. The number of rotatable bonds is 1. The third-order valence-electron chi connectivity index (χ3n) is 2.03. The highest BCUT2D eigenvalue weighted by Gasteiger charge is 2.25. The number of β-amino-alcohol motifs (C(OH)–C–C–N with tert-alkyl or cyclic N) is 1. The van der Waals surface area contributed by atoms with Crippen molar-refractivity contribution in [1.29, 1.82) is 0 Å². The largest absolute Gasteiger partial charge is 0.389 e. The first-order valence-electron chi connectivity index (χ1n) is 3.78. The summed E-state index contributed by atoms with van der Waals surface area (Å²) in [5.74, 6) is 0. The monoisotopic (exact) mass is 147 g/mol. The Morgan fingerprint density at radius 1 is 1.70 bits per heavy atom. The van der Waals surface area contributed by atoms with Gasteiger partial charge >= 0.3 is 0 Å². The van der Waals surface area contributed by atoms with Crippen molar-refractivity contribution in [3.8, 4) is 0 Å². The van der Waals surface area contributed by atoms with Gasteiger partial charge in [-0.3, -0.25) is 0 Å². The molecular weight excluding hydrogens is 133 g/mol. The second kappa shape index (κ2) is 3.30. The van der Waals surface area contributed by atoms with Gasteiger partial charge in [0.1, 0.15) is 6.17 Å². The van der Waals surface area contributed by atoms with Crippen LogP contribution in [0, 0.1) is 0 Å². The van der Waals surface area contributed by atoms with Crippen LogP contribution in [0.3, 0.4) is 0 Å². The number of halogens is 1. The molecule has 1 N–H and O–H groups in total. The summed E-state index contributed by atoms with van der Waals surface area (Å²) < 4.78 is 12.6. The van der Waals surface area contributed by atoms with Gasteiger partial charge in [-0.15, -0.1) is 0 Å². The van der Waals surface area contributed by atoms with Crippen LogP contribution in [-0.4, -0.2) is 41.9 Å². The molecule has 0 aromatic rings. The van der Waals surface area contributed by atoms with E-state index in [2.05, 4.69) is 4.90 Å². The quantitative estimate of drug-likeness (QED) is 0.580. The summed E-state index contributed by atoms with van der Waals surface area (Å²) in [6, 6.07) is 0. The molecule has 1 fully saturated rings. The smallest absolute Gasteiger partial charge is 0.128 e. The summed E-state index contributed by atoms with van der Waals surface area (Å²) in [7, 11) is 0. The predicted octanol–water partition coefficient (Wildman–Crippen LogP) is 0.411. The maximum Gasteiger partial charge on any atom is 0.128 e. The fraction of sp³-hybridized carbons (Fsp3) is 1.00. The van der Waals surface area contributed by atoms with Gasteiger partial charge in [-0.1, -0.05) is 6.92 Å². The fourth-order valence-electron chi connectivity index (χ4n) is 1.26. The van der Waals surface area contributed by atoms with Crippen LogP contribution in [0.5, 0.6) is 0 Å². The maximum absolute atomic E-state index is 12.6. The van der Waals surface area contributed by atoms with Gasteiger partial charge < -0.3 is 10.0 Å². The fourth-order valence-corrected chi connectivity index (χ4v) is 1.26. The molecule has 0 saturated carbocycles. The van der Waals surface area contributed by atoms with Crippen LogP contribution in [0.4, 0.5) is 4.39 Å². The molecule has 2 atom stereocenters. The Balaban J connectivity index is 2.33. The third-order valence-corrected chi connectivity index (χ3v) is 2.03. The minimum Gasteiger partial charge on any atom is -0.389 e. The molecule has 0 aromatic carbocycles. The summed E-state index contributed by atoms with van der Waals surface area (Å²) in [4.78, 5) is 2.06. The number of hydrogen-bond acceptors (Lipinski definition) is 2. The standard InChI is InChI=1S/C7H14FNO/c1-2-9-4-3-6(8)7(10)5-9/h6-7,10H,2-5H2,1H3/t6-,7+/m1/s1. The van der Waals surface area contributed by atoms with E-state index in [4.69, 9.17) is 5.11 Å². The molecule has 1 rings (SSSR count). The summed E-state index contributed by atoms with van der Waals surface area (Å²) in [5, 5.41) is 9.06. The highest BCUT2D eigenvalue weighted by molar-refractivity contribution is 4.78. The van der Waals surface area contributed by atoms with Crippen molar-refractivity contribution in [3.05, 3.63) is 0 Å². The van der Waals surface area contributed by atoms with E-state index in [0.29, 0.717) is 13.0 Å². The number of nitrogens with zero attached hydrogens (tertiary/aromatic N) is 1. The van der Waals surface area contributed by atoms with Crippen LogP contribution < -0.4 is 0 Å². The van der Waals surface area contributed by atoms with Gasteiger partial charge in [0.25, 0.3) is 0 Å². The SMILES string of the molecule is CCN1CC[C@@H](F)[C@@H](O)C1. The average Bonchev–Trinajstić information content (AvgIpc) is 1.95. The lowest BCUT2D eigenvalue weighted by molar-refractivity contribution is 0.00556. The van der Waals surface area contributed by atoms with Crippen LogP contribution in [-0.2, 0) is 0 Å². The lowest BCUT2D eigenvalue weighted by Gasteiger charge is -2.31. The number of piperidine rings is 1. The number of aliphatic hydroxyl groups excluding tert-OH is 1. The van der Waals surface area contributed by atoms with E-state index in [1.807, 2.05) is 6.92 Å². The number of aliphatic hydroxyl groups is 1. The van der Waals surface area contributed by atoms with Crippen LogP contribution in [0.25, 0.3) is 0 Å². The topological polar surface area (TPSA) is 23.5 Å². The zero-order valence-electron chi connectivity index (χ0n) is 6.26. The molecule has 1 aliphatic rings. The predicted molar refractivity (Wildman–Crippen MR) is 37.6 cm³/mol. The van der Waals surface area contributed by atoms with Crippen molar-refractivity contribution in [2.75, 3.05) is 19.6 Å². The van der Waals surface area contributed by atoms with Crippen molar-refractivity contribution in [2.45, 2.75) is 25.6 Å². The zero-order valence-corrected chi connectivity index (χ0v) is 6.26. The second-order valence-corrected chi connectivity index (χ2v) is 2.77. The van der Waals surface area contributed by atoms with Gasteiger partial charge in [-0.2, -0.15) is 0 Å². The lowest BCUT2D eigenvalue weighted by Crippen LogP contribution is -2.44. The Kier molecular flexibility index (Phi) is 2.63. The Bertz CT molecular complexity index is 110. The average molecular weight is 147 g/mol. The van der Waals surface area contributed by atoms with Crippen molar-refractivity contribution in [2.24, 2.45) is 0 Å². The molecule has 1 heterocycles. The van der Waals surface area contributed by atoms with Crippen molar-refractivity contribution in [1.82, 2.24) is 4.90 Å². The van der Waals surface area contributed by atoms with E-state index in [9.17, 15) is 4.39 Å².